The summed E-state index contributed by atoms with van der Waals surface area (Å²) in [6, 6.07) is 16.0. The van der Waals surface area contributed by atoms with Gasteiger partial charge in [0.15, 0.2) is 11.5 Å². The molecule has 0 aliphatic carbocycles. The molecule has 0 unspecified atom stereocenters. The highest BCUT2D eigenvalue weighted by atomic mass is 16.7. The molecule has 5 heteroatoms. The average Bonchev–Trinajstić information content (AvgIpc) is 3.15. The van der Waals surface area contributed by atoms with Crippen LogP contribution in [-0.2, 0) is 4.79 Å². The van der Waals surface area contributed by atoms with E-state index >= 15 is 0 Å². The van der Waals surface area contributed by atoms with Gasteiger partial charge in [-0.1, -0.05) is 36.4 Å². The van der Waals surface area contributed by atoms with Gasteiger partial charge in [-0.2, -0.15) is 0 Å². The fourth-order valence-corrected chi connectivity index (χ4v) is 3.66. The Morgan fingerprint density at radius 1 is 1.04 bits per heavy atom. The first-order valence-electron chi connectivity index (χ1n) is 9.11. The molecule has 0 radical (unpaired) electrons. The third-order valence-electron chi connectivity index (χ3n) is 5.20. The van der Waals surface area contributed by atoms with Gasteiger partial charge in [-0.15, -0.1) is 0 Å². The molecule has 2 aliphatic rings. The minimum absolute atomic E-state index is 0.0370. The third kappa shape index (κ3) is 3.53. The van der Waals surface area contributed by atoms with Crippen LogP contribution in [0.15, 0.2) is 48.5 Å². The number of fused-ring (bicyclic) bond motifs is 1. The number of hydrogen-bond donors (Lipinski definition) is 1. The van der Waals surface area contributed by atoms with Gasteiger partial charge in [0.2, 0.25) is 12.7 Å². The first-order chi connectivity index (χ1) is 12.7. The quantitative estimate of drug-likeness (QED) is 0.918. The number of benzene rings is 2. The van der Waals surface area contributed by atoms with Crippen molar-refractivity contribution in [2.45, 2.75) is 31.3 Å². The molecule has 2 aromatic carbocycles. The Bertz CT molecular complexity index is 769. The number of amides is 1. The number of likely N-dealkylation sites (tertiary alicyclic amines) is 1. The molecule has 2 aromatic rings. The van der Waals surface area contributed by atoms with E-state index in [1.165, 1.54) is 0 Å². The van der Waals surface area contributed by atoms with Gasteiger partial charge < -0.3 is 19.5 Å². The number of nitrogens with zero attached hydrogens (tertiary/aromatic N) is 1. The Morgan fingerprint density at radius 2 is 1.77 bits per heavy atom. The van der Waals surface area contributed by atoms with Crippen molar-refractivity contribution in [3.63, 3.8) is 0 Å². The smallest absolute Gasteiger partial charge is 0.231 e. The van der Waals surface area contributed by atoms with Gasteiger partial charge in [0.25, 0.3) is 0 Å². The van der Waals surface area contributed by atoms with Crippen molar-refractivity contribution in [1.82, 2.24) is 4.90 Å². The van der Waals surface area contributed by atoms with Gasteiger partial charge in [-0.25, -0.2) is 0 Å². The summed E-state index contributed by atoms with van der Waals surface area (Å²) in [6.07, 6.45) is 1.44. The zero-order valence-electron chi connectivity index (χ0n) is 14.6. The summed E-state index contributed by atoms with van der Waals surface area (Å²) in [5.41, 5.74) is 2.16. The summed E-state index contributed by atoms with van der Waals surface area (Å²) >= 11 is 0. The molecule has 0 saturated carbocycles. The number of rotatable bonds is 4. The second kappa shape index (κ2) is 7.38. The maximum atomic E-state index is 12.9. The summed E-state index contributed by atoms with van der Waals surface area (Å²) in [6.45, 7) is 1.50. The van der Waals surface area contributed by atoms with Crippen LogP contribution in [0.5, 0.6) is 11.5 Å². The van der Waals surface area contributed by atoms with Gasteiger partial charge in [0.1, 0.15) is 0 Å². The van der Waals surface area contributed by atoms with Gasteiger partial charge in [0, 0.05) is 25.4 Å². The normalized spacial score (nSPS) is 18.0. The molecule has 0 spiro atoms. The van der Waals surface area contributed by atoms with Crippen molar-refractivity contribution in [2.24, 2.45) is 0 Å². The molecule has 1 saturated heterocycles. The summed E-state index contributed by atoms with van der Waals surface area (Å²) in [5, 5.41) is 9.67. The van der Waals surface area contributed by atoms with Crippen LogP contribution in [0.25, 0.3) is 0 Å². The topological polar surface area (TPSA) is 59.0 Å². The van der Waals surface area contributed by atoms with Crippen LogP contribution >= 0.6 is 0 Å². The van der Waals surface area contributed by atoms with Gasteiger partial charge in [-0.05, 0) is 36.1 Å². The van der Waals surface area contributed by atoms with Crippen molar-refractivity contribution in [1.29, 1.82) is 0 Å². The van der Waals surface area contributed by atoms with Crippen LogP contribution < -0.4 is 9.47 Å². The fraction of sp³-hybridized carbons (Fsp3) is 0.381. The van der Waals surface area contributed by atoms with Crippen molar-refractivity contribution in [2.75, 3.05) is 19.9 Å². The van der Waals surface area contributed by atoms with Crippen LogP contribution in [0.2, 0.25) is 0 Å². The standard InChI is InChI=1S/C21H23NO4/c23-17-8-10-22(11-9-17)21(24)13-18(15-4-2-1-3-5-15)16-6-7-19-20(12-16)26-14-25-19/h1-7,12,17-18,23H,8-11,13-14H2/t18-/m1/s1. The van der Waals surface area contributed by atoms with E-state index in [-0.39, 0.29) is 24.7 Å². The molecular formula is C21H23NO4. The van der Waals surface area contributed by atoms with E-state index in [9.17, 15) is 9.90 Å². The van der Waals surface area contributed by atoms with E-state index in [1.807, 2.05) is 41.3 Å². The fourth-order valence-electron chi connectivity index (χ4n) is 3.66. The molecule has 1 atom stereocenters. The Kier molecular flexibility index (Phi) is 4.80. The lowest BCUT2D eigenvalue weighted by Crippen LogP contribution is -2.40. The number of ether oxygens (including phenoxy) is 2. The Morgan fingerprint density at radius 3 is 2.54 bits per heavy atom. The molecule has 1 amide bonds. The van der Waals surface area contributed by atoms with Crippen molar-refractivity contribution in [3.05, 3.63) is 59.7 Å². The van der Waals surface area contributed by atoms with Crippen LogP contribution in [0, 0.1) is 0 Å². The van der Waals surface area contributed by atoms with Crippen LogP contribution in [0.4, 0.5) is 0 Å². The highest BCUT2D eigenvalue weighted by Crippen LogP contribution is 2.37. The molecule has 5 nitrogen and oxygen atoms in total. The third-order valence-corrected chi connectivity index (χ3v) is 5.20. The summed E-state index contributed by atoms with van der Waals surface area (Å²) in [4.78, 5) is 14.8. The lowest BCUT2D eigenvalue weighted by atomic mass is 9.87. The molecule has 0 aromatic heterocycles. The van der Waals surface area contributed by atoms with E-state index in [2.05, 4.69) is 12.1 Å². The molecule has 0 bridgehead atoms. The van der Waals surface area contributed by atoms with E-state index < -0.39 is 0 Å². The van der Waals surface area contributed by atoms with Gasteiger partial charge in [0.05, 0.1) is 6.10 Å². The predicted octanol–water partition coefficient (Wildman–Crippen LogP) is 2.92. The van der Waals surface area contributed by atoms with Crippen LogP contribution in [-0.4, -0.2) is 41.9 Å². The Hall–Kier alpha value is -2.53. The summed E-state index contributed by atoms with van der Waals surface area (Å²) in [5.74, 6) is 1.57. The zero-order valence-corrected chi connectivity index (χ0v) is 14.6. The number of piperidine rings is 1. The number of aliphatic hydroxyl groups excluding tert-OH is 1. The largest absolute Gasteiger partial charge is 0.454 e. The SMILES string of the molecule is O=C(C[C@H](c1ccccc1)c1ccc2c(c1)OCO2)N1CCC(O)CC1. The number of hydrogen-bond acceptors (Lipinski definition) is 4. The minimum atomic E-state index is -0.280. The van der Waals surface area contributed by atoms with E-state index in [0.717, 1.165) is 22.6 Å². The van der Waals surface area contributed by atoms with Crippen molar-refractivity contribution in [3.8, 4) is 11.5 Å². The maximum Gasteiger partial charge on any atom is 0.231 e. The van der Waals surface area contributed by atoms with Crippen LogP contribution in [0.1, 0.15) is 36.3 Å². The molecule has 1 N–H and O–H groups in total. The van der Waals surface area contributed by atoms with E-state index in [0.29, 0.717) is 32.4 Å². The summed E-state index contributed by atoms with van der Waals surface area (Å²) in [7, 11) is 0. The van der Waals surface area contributed by atoms with Gasteiger partial charge in [-0.3, -0.25) is 4.79 Å². The first-order valence-corrected chi connectivity index (χ1v) is 9.11. The van der Waals surface area contributed by atoms with E-state index in [1.54, 1.807) is 0 Å². The maximum absolute atomic E-state index is 12.9. The molecular weight excluding hydrogens is 330 g/mol. The second-order valence-corrected chi connectivity index (χ2v) is 6.89. The number of carbonyl (C=O) groups excluding carboxylic acids is 1. The lowest BCUT2D eigenvalue weighted by Gasteiger charge is -2.31. The second-order valence-electron chi connectivity index (χ2n) is 6.89. The van der Waals surface area contributed by atoms with Crippen molar-refractivity contribution < 1.29 is 19.4 Å². The predicted molar refractivity (Wildman–Crippen MR) is 97.3 cm³/mol. The Labute approximate surface area is 153 Å². The van der Waals surface area contributed by atoms with Crippen LogP contribution in [0.3, 0.4) is 0 Å². The van der Waals surface area contributed by atoms with Crippen molar-refractivity contribution >= 4 is 5.91 Å². The summed E-state index contributed by atoms with van der Waals surface area (Å²) < 4.78 is 10.9. The van der Waals surface area contributed by atoms with E-state index in [4.69, 9.17) is 9.47 Å². The minimum Gasteiger partial charge on any atom is -0.454 e. The first kappa shape index (κ1) is 16.9. The highest BCUT2D eigenvalue weighted by Gasteiger charge is 2.26. The molecule has 4 rings (SSSR count). The molecule has 136 valence electrons. The zero-order chi connectivity index (χ0) is 17.9. The Balaban J connectivity index is 1.58. The molecule has 1 fully saturated rings. The van der Waals surface area contributed by atoms with Gasteiger partial charge >= 0.3 is 0 Å². The molecule has 2 heterocycles. The monoisotopic (exact) mass is 353 g/mol. The molecule has 26 heavy (non-hydrogen) atoms. The number of carbonyl (C=O) groups is 1. The highest BCUT2D eigenvalue weighted by molar-refractivity contribution is 5.78. The lowest BCUT2D eigenvalue weighted by molar-refractivity contribution is -0.133. The number of aliphatic hydroxyl groups is 1. The average molecular weight is 353 g/mol. The molecule has 2 aliphatic heterocycles.